The van der Waals surface area contributed by atoms with Gasteiger partial charge in [0, 0.05) is 47.3 Å². The summed E-state index contributed by atoms with van der Waals surface area (Å²) in [5.41, 5.74) is -0.895. The smallest absolute Gasteiger partial charge is 0.306 e. The zero-order valence-electron chi connectivity index (χ0n) is 36.6. The number of carbonyl (C=O) groups is 2. The minimum atomic E-state index is -3.71. The molecule has 4 rings (SSSR count). The molecule has 0 bridgehead atoms. The van der Waals surface area contributed by atoms with E-state index in [1.54, 1.807) is 12.1 Å². The number of benzene rings is 2. The number of esters is 2. The van der Waals surface area contributed by atoms with E-state index in [1.807, 2.05) is 69.2 Å². The van der Waals surface area contributed by atoms with Gasteiger partial charge in [-0.15, -0.1) is 0 Å². The first-order valence-electron chi connectivity index (χ1n) is 19.8. The topological polar surface area (TPSA) is 198 Å². The van der Waals surface area contributed by atoms with E-state index >= 15 is 0 Å². The number of aromatic hydroxyl groups is 2. The fourth-order valence-electron chi connectivity index (χ4n) is 6.89. The number of phenols is 2. The summed E-state index contributed by atoms with van der Waals surface area (Å²) in [6.45, 7) is 19.8. The molecule has 0 amide bonds. The first-order valence-corrected chi connectivity index (χ1v) is 23.5. The van der Waals surface area contributed by atoms with Crippen LogP contribution in [0.5, 0.6) is 11.5 Å². The van der Waals surface area contributed by atoms with Crippen LogP contribution >= 0.6 is 0 Å². The molecule has 59 heavy (non-hydrogen) atoms. The van der Waals surface area contributed by atoms with Gasteiger partial charge in [-0.2, -0.15) is 0 Å². The van der Waals surface area contributed by atoms with Gasteiger partial charge in [0.15, 0.2) is 32.3 Å². The Bertz CT molecular complexity index is 1920. The summed E-state index contributed by atoms with van der Waals surface area (Å²) >= 11 is 0. The SMILES string of the molecule is CC(C)(C)c1cc(CCC(=O)OCC(C)(C)C2OCC3(CO2)COC(C(C)(C)COC(=O)CCc2cc(C(C)(C)C)c(O)c(S(C)(=O)=O)c2)OC3)cc(S(C)(=O)=O)c1O. The molecule has 2 heterocycles. The van der Waals surface area contributed by atoms with Crippen molar-refractivity contribution in [2.24, 2.45) is 16.2 Å². The van der Waals surface area contributed by atoms with Crippen molar-refractivity contribution in [3.8, 4) is 11.5 Å². The zero-order valence-corrected chi connectivity index (χ0v) is 38.3. The van der Waals surface area contributed by atoms with Crippen LogP contribution in [-0.2, 0) is 81.4 Å². The second kappa shape index (κ2) is 17.6. The van der Waals surface area contributed by atoms with E-state index in [2.05, 4.69) is 0 Å². The van der Waals surface area contributed by atoms with Crippen molar-refractivity contribution >= 4 is 31.6 Å². The number of rotatable bonds is 14. The molecule has 0 unspecified atom stereocenters. The summed E-state index contributed by atoms with van der Waals surface area (Å²) in [4.78, 5) is 25.3. The van der Waals surface area contributed by atoms with Crippen LogP contribution in [0.25, 0.3) is 0 Å². The van der Waals surface area contributed by atoms with Crippen LogP contribution in [0.2, 0.25) is 0 Å². The molecule has 14 nitrogen and oxygen atoms in total. The Labute approximate surface area is 350 Å². The number of aryl methyl sites for hydroxylation is 2. The minimum absolute atomic E-state index is 0.000814. The molecule has 0 aliphatic carbocycles. The fourth-order valence-corrected chi connectivity index (χ4v) is 8.55. The molecule has 0 aromatic heterocycles. The fraction of sp³-hybridized carbons (Fsp3) is 0.674. The van der Waals surface area contributed by atoms with Crippen molar-refractivity contribution in [2.75, 3.05) is 52.2 Å². The molecule has 0 radical (unpaired) electrons. The highest BCUT2D eigenvalue weighted by Crippen LogP contribution is 2.41. The summed E-state index contributed by atoms with van der Waals surface area (Å²) in [6, 6.07) is 6.26. The maximum Gasteiger partial charge on any atom is 0.306 e. The van der Waals surface area contributed by atoms with Crippen LogP contribution in [-0.4, -0.2) is 104 Å². The van der Waals surface area contributed by atoms with Gasteiger partial charge in [-0.1, -0.05) is 81.4 Å². The van der Waals surface area contributed by atoms with Gasteiger partial charge in [-0.3, -0.25) is 9.59 Å². The largest absolute Gasteiger partial charge is 0.506 e. The average Bonchev–Trinajstić information content (AvgIpc) is 3.10. The highest BCUT2D eigenvalue weighted by Gasteiger charge is 2.48. The molecular formula is C43H64O14S2. The Balaban J connectivity index is 1.23. The van der Waals surface area contributed by atoms with Crippen LogP contribution < -0.4 is 0 Å². The molecule has 2 aliphatic heterocycles. The molecule has 2 aromatic carbocycles. The molecule has 2 aromatic rings. The minimum Gasteiger partial charge on any atom is -0.506 e. The van der Waals surface area contributed by atoms with Crippen molar-refractivity contribution in [1.29, 1.82) is 0 Å². The first kappa shape index (κ1) is 48.4. The van der Waals surface area contributed by atoms with Gasteiger partial charge in [0.1, 0.15) is 34.5 Å². The van der Waals surface area contributed by atoms with Gasteiger partial charge < -0.3 is 38.6 Å². The molecule has 0 saturated carbocycles. The van der Waals surface area contributed by atoms with Crippen molar-refractivity contribution in [3.63, 3.8) is 0 Å². The number of phenolic OH excluding ortho intramolecular Hbond substituents is 2. The second-order valence-corrected chi connectivity index (χ2v) is 23.7. The Morgan fingerprint density at radius 3 is 1.19 bits per heavy atom. The van der Waals surface area contributed by atoms with Crippen LogP contribution in [0.15, 0.2) is 34.1 Å². The lowest BCUT2D eigenvalue weighted by atomic mass is 9.85. The van der Waals surface area contributed by atoms with E-state index in [0.717, 1.165) is 12.5 Å². The lowest BCUT2D eigenvalue weighted by molar-refractivity contribution is -0.337. The molecule has 332 valence electrons. The van der Waals surface area contributed by atoms with Gasteiger partial charge >= 0.3 is 11.9 Å². The standard InChI is InChI=1S/C43H64O14S2/c1-39(2,3)29-17-27(19-31(35(29)46)58(11,48)49)13-15-33(44)52-21-41(7,8)37-54-23-43(24-55-37)25-56-38(57-26-43)42(9,10)22-53-34(45)16-14-28-18-30(40(4,5)6)36(47)32(20-28)59(12,50)51/h17-20,37-38,46-47H,13-16,21-26H2,1-12H3. The Hall–Kier alpha value is -3.28. The summed E-state index contributed by atoms with van der Waals surface area (Å²) in [5.74, 6) is -1.50. The lowest BCUT2D eigenvalue weighted by Gasteiger charge is -2.48. The molecule has 16 heteroatoms. The number of carbonyl (C=O) groups excluding carboxylic acids is 2. The summed E-state index contributed by atoms with van der Waals surface area (Å²) < 4.78 is 85.3. The average molecular weight is 869 g/mol. The predicted molar refractivity (Wildman–Crippen MR) is 220 cm³/mol. The van der Waals surface area contributed by atoms with Crippen molar-refractivity contribution in [3.05, 3.63) is 46.5 Å². The highest BCUT2D eigenvalue weighted by atomic mass is 32.2. The van der Waals surface area contributed by atoms with Crippen LogP contribution in [0.1, 0.15) is 104 Å². The summed E-state index contributed by atoms with van der Waals surface area (Å²) in [7, 11) is -7.41. The molecule has 2 fully saturated rings. The number of sulfone groups is 2. The maximum atomic E-state index is 12.8. The maximum absolute atomic E-state index is 12.8. The quantitative estimate of drug-likeness (QED) is 0.212. The summed E-state index contributed by atoms with van der Waals surface area (Å²) in [5, 5.41) is 21.3. The normalized spacial score (nSPS) is 21.0. The predicted octanol–water partition coefficient (Wildman–Crippen LogP) is 5.94. The third-order valence-electron chi connectivity index (χ3n) is 10.6. The highest BCUT2D eigenvalue weighted by molar-refractivity contribution is 7.91. The van der Waals surface area contributed by atoms with E-state index in [9.17, 15) is 36.6 Å². The third kappa shape index (κ3) is 12.4. The van der Waals surface area contributed by atoms with Crippen LogP contribution in [0.3, 0.4) is 0 Å². The molecule has 1 spiro atoms. The lowest BCUT2D eigenvalue weighted by Crippen LogP contribution is -2.57. The molecule has 2 aliphatic rings. The Morgan fingerprint density at radius 1 is 0.610 bits per heavy atom. The van der Waals surface area contributed by atoms with Gasteiger partial charge in [0.25, 0.3) is 0 Å². The van der Waals surface area contributed by atoms with E-state index in [1.165, 1.54) is 12.1 Å². The van der Waals surface area contributed by atoms with E-state index in [4.69, 9.17) is 28.4 Å². The molecule has 2 saturated heterocycles. The molecule has 0 atom stereocenters. The number of hydrogen-bond donors (Lipinski definition) is 2. The van der Waals surface area contributed by atoms with Crippen LogP contribution in [0, 0.1) is 16.2 Å². The van der Waals surface area contributed by atoms with Gasteiger partial charge in [-0.05, 0) is 46.9 Å². The Kier molecular flexibility index (Phi) is 14.4. The van der Waals surface area contributed by atoms with E-state index in [0.29, 0.717) is 22.3 Å². The zero-order chi connectivity index (χ0) is 44.6. The van der Waals surface area contributed by atoms with E-state index < -0.39 is 71.3 Å². The Morgan fingerprint density at radius 2 is 0.915 bits per heavy atom. The first-order chi connectivity index (χ1) is 26.8. The number of hydrogen-bond acceptors (Lipinski definition) is 14. The summed E-state index contributed by atoms with van der Waals surface area (Å²) in [6.07, 6.45) is 1.15. The molecular weight excluding hydrogens is 805 g/mol. The monoisotopic (exact) mass is 868 g/mol. The number of ether oxygens (including phenoxy) is 6. The van der Waals surface area contributed by atoms with E-state index in [-0.39, 0.29) is 86.6 Å². The van der Waals surface area contributed by atoms with Gasteiger partial charge in [0.05, 0.1) is 31.8 Å². The third-order valence-corrected chi connectivity index (χ3v) is 12.8. The van der Waals surface area contributed by atoms with Gasteiger partial charge in [-0.25, -0.2) is 16.8 Å². The van der Waals surface area contributed by atoms with Crippen molar-refractivity contribution in [2.45, 2.75) is 128 Å². The van der Waals surface area contributed by atoms with Crippen molar-refractivity contribution < 1.29 is 65.1 Å². The molecule has 2 N–H and O–H groups in total. The van der Waals surface area contributed by atoms with Crippen molar-refractivity contribution in [1.82, 2.24) is 0 Å². The second-order valence-electron chi connectivity index (χ2n) is 19.7. The van der Waals surface area contributed by atoms with Gasteiger partial charge in [0.2, 0.25) is 0 Å². The van der Waals surface area contributed by atoms with Crippen LogP contribution in [0.4, 0.5) is 0 Å².